The molecule has 0 aliphatic carbocycles. The molecule has 0 saturated carbocycles. The Kier molecular flexibility index (Phi) is 5.25. The average Bonchev–Trinajstić information content (AvgIpc) is 3.09. The minimum absolute atomic E-state index is 0.287. The molecule has 4 heteroatoms. The molecule has 0 fully saturated rings. The topological polar surface area (TPSA) is 47.9 Å². The van der Waals surface area contributed by atoms with Crippen LogP contribution in [0.1, 0.15) is 27.8 Å². The highest BCUT2D eigenvalue weighted by Crippen LogP contribution is 2.21. The molecule has 0 spiro atoms. The zero-order chi connectivity index (χ0) is 20.2. The molecule has 0 unspecified atom stereocenters. The van der Waals surface area contributed by atoms with Crippen molar-refractivity contribution >= 4 is 17.9 Å². The summed E-state index contributed by atoms with van der Waals surface area (Å²) in [5.41, 5.74) is 5.38. The molecular weight excluding hydrogens is 362 g/mol. The number of hydrogen-bond donors (Lipinski definition) is 0. The number of nitrogens with zero attached hydrogens (tertiary/aromatic N) is 1. The minimum atomic E-state index is -0.443. The summed E-state index contributed by atoms with van der Waals surface area (Å²) in [6, 6.07) is 23.4. The molecular formula is C25H21NO3. The number of aliphatic imine (C=N–C) groups is 1. The molecule has 1 aliphatic heterocycles. The maximum atomic E-state index is 12.2. The summed E-state index contributed by atoms with van der Waals surface area (Å²) in [6.45, 7) is 4.57. The van der Waals surface area contributed by atoms with E-state index < -0.39 is 5.97 Å². The Labute approximate surface area is 170 Å². The zero-order valence-electron chi connectivity index (χ0n) is 16.4. The molecule has 3 aromatic rings. The van der Waals surface area contributed by atoms with Gasteiger partial charge in [0.05, 0.1) is 0 Å². The van der Waals surface area contributed by atoms with Gasteiger partial charge < -0.3 is 9.47 Å². The zero-order valence-corrected chi connectivity index (χ0v) is 16.4. The number of esters is 1. The molecule has 144 valence electrons. The summed E-state index contributed by atoms with van der Waals surface area (Å²) in [7, 11) is 0. The van der Waals surface area contributed by atoms with Crippen LogP contribution in [-0.2, 0) is 16.1 Å². The van der Waals surface area contributed by atoms with Gasteiger partial charge in [0, 0.05) is 5.56 Å². The molecule has 1 aliphatic rings. The molecule has 0 bridgehead atoms. The third kappa shape index (κ3) is 4.43. The number of carbonyl (C=O) groups is 1. The maximum Gasteiger partial charge on any atom is 0.363 e. The molecule has 0 radical (unpaired) electrons. The Hall–Kier alpha value is -3.66. The summed E-state index contributed by atoms with van der Waals surface area (Å²) >= 11 is 0. The smallest absolute Gasteiger partial charge is 0.363 e. The van der Waals surface area contributed by atoms with E-state index in [1.54, 1.807) is 6.08 Å². The van der Waals surface area contributed by atoms with Crippen molar-refractivity contribution in [2.24, 2.45) is 4.99 Å². The molecule has 29 heavy (non-hydrogen) atoms. The van der Waals surface area contributed by atoms with Crippen LogP contribution in [0.2, 0.25) is 0 Å². The van der Waals surface area contributed by atoms with Gasteiger partial charge in [-0.3, -0.25) is 0 Å². The first kappa shape index (κ1) is 18.7. The molecule has 0 amide bonds. The van der Waals surface area contributed by atoms with E-state index in [1.165, 1.54) is 5.56 Å². The Morgan fingerprint density at radius 1 is 0.966 bits per heavy atom. The summed E-state index contributed by atoms with van der Waals surface area (Å²) in [5.74, 6) is 0.665. The van der Waals surface area contributed by atoms with Gasteiger partial charge in [0.25, 0.3) is 0 Å². The van der Waals surface area contributed by atoms with Gasteiger partial charge in [-0.25, -0.2) is 9.79 Å². The highest BCUT2D eigenvalue weighted by Gasteiger charge is 2.24. The Bertz CT molecular complexity index is 1110. The Morgan fingerprint density at radius 3 is 2.52 bits per heavy atom. The van der Waals surface area contributed by atoms with Gasteiger partial charge in [0.1, 0.15) is 12.4 Å². The standard InChI is InChI=1S/C25H21NO3/c1-17-6-5-9-20(14-17)24-26-23(25(27)29-24)15-19-10-12-22(13-11-19)28-16-21-8-4-3-7-18(21)2/h3-15H,16H2,1-2H3/b23-15-. The molecule has 0 saturated heterocycles. The molecule has 0 aromatic heterocycles. The van der Waals surface area contributed by atoms with Gasteiger partial charge in [-0.1, -0.05) is 54.1 Å². The first-order valence-corrected chi connectivity index (χ1v) is 9.45. The molecule has 4 rings (SSSR count). The van der Waals surface area contributed by atoms with Gasteiger partial charge >= 0.3 is 5.97 Å². The highest BCUT2D eigenvalue weighted by atomic mass is 16.6. The predicted octanol–water partition coefficient (Wildman–Crippen LogP) is 5.23. The molecule has 4 nitrogen and oxygen atoms in total. The first-order chi connectivity index (χ1) is 14.1. The fourth-order valence-electron chi connectivity index (χ4n) is 3.06. The van der Waals surface area contributed by atoms with Crippen molar-refractivity contribution in [3.05, 3.63) is 106 Å². The number of cyclic esters (lactones) is 1. The quantitative estimate of drug-likeness (QED) is 0.448. The second-order valence-corrected chi connectivity index (χ2v) is 6.99. The van der Waals surface area contributed by atoms with Crippen LogP contribution in [0.25, 0.3) is 6.08 Å². The van der Waals surface area contributed by atoms with E-state index in [0.717, 1.165) is 28.0 Å². The van der Waals surface area contributed by atoms with Crippen molar-refractivity contribution in [1.82, 2.24) is 0 Å². The normalized spacial score (nSPS) is 14.6. The van der Waals surface area contributed by atoms with Crippen LogP contribution in [0.15, 0.2) is 83.5 Å². The van der Waals surface area contributed by atoms with Crippen LogP contribution >= 0.6 is 0 Å². The van der Waals surface area contributed by atoms with E-state index in [0.29, 0.717) is 12.5 Å². The average molecular weight is 383 g/mol. The van der Waals surface area contributed by atoms with E-state index >= 15 is 0 Å². The largest absolute Gasteiger partial charge is 0.489 e. The number of ether oxygens (including phenoxy) is 2. The number of benzene rings is 3. The molecule has 3 aromatic carbocycles. The SMILES string of the molecule is Cc1cccc(C2=N/C(=C\c3ccc(OCc4ccccc4C)cc3)C(=O)O2)c1. The fraction of sp³-hybridized carbons (Fsp3) is 0.120. The van der Waals surface area contributed by atoms with Gasteiger partial charge in [-0.15, -0.1) is 0 Å². The predicted molar refractivity (Wildman–Crippen MR) is 114 cm³/mol. The monoisotopic (exact) mass is 383 g/mol. The van der Waals surface area contributed by atoms with Crippen molar-refractivity contribution < 1.29 is 14.3 Å². The van der Waals surface area contributed by atoms with Crippen LogP contribution in [0.3, 0.4) is 0 Å². The van der Waals surface area contributed by atoms with E-state index in [2.05, 4.69) is 24.0 Å². The number of hydrogen-bond acceptors (Lipinski definition) is 4. The van der Waals surface area contributed by atoms with Gasteiger partial charge in [0.2, 0.25) is 5.90 Å². The van der Waals surface area contributed by atoms with Gasteiger partial charge in [0.15, 0.2) is 5.70 Å². The fourth-order valence-corrected chi connectivity index (χ4v) is 3.06. The lowest BCUT2D eigenvalue weighted by Gasteiger charge is -2.08. The van der Waals surface area contributed by atoms with Crippen LogP contribution in [-0.4, -0.2) is 11.9 Å². The van der Waals surface area contributed by atoms with Crippen LogP contribution in [0, 0.1) is 13.8 Å². The van der Waals surface area contributed by atoms with E-state index in [4.69, 9.17) is 9.47 Å². The van der Waals surface area contributed by atoms with E-state index in [-0.39, 0.29) is 5.70 Å². The van der Waals surface area contributed by atoms with Crippen molar-refractivity contribution in [3.63, 3.8) is 0 Å². The second-order valence-electron chi connectivity index (χ2n) is 6.99. The van der Waals surface area contributed by atoms with Gasteiger partial charge in [-0.2, -0.15) is 0 Å². The summed E-state index contributed by atoms with van der Waals surface area (Å²) < 4.78 is 11.2. The molecule has 0 atom stereocenters. The first-order valence-electron chi connectivity index (χ1n) is 9.45. The third-order valence-electron chi connectivity index (χ3n) is 4.72. The van der Waals surface area contributed by atoms with E-state index in [1.807, 2.05) is 67.6 Å². The lowest BCUT2D eigenvalue weighted by molar-refractivity contribution is -0.129. The van der Waals surface area contributed by atoms with Crippen LogP contribution in [0.5, 0.6) is 5.75 Å². The number of rotatable bonds is 5. The van der Waals surface area contributed by atoms with Crippen LogP contribution in [0.4, 0.5) is 0 Å². The second kappa shape index (κ2) is 8.15. The Balaban J connectivity index is 1.47. The van der Waals surface area contributed by atoms with Crippen molar-refractivity contribution in [3.8, 4) is 5.75 Å². The maximum absolute atomic E-state index is 12.2. The van der Waals surface area contributed by atoms with Gasteiger partial charge in [-0.05, 0) is 60.9 Å². The van der Waals surface area contributed by atoms with Crippen molar-refractivity contribution in [2.45, 2.75) is 20.5 Å². The lowest BCUT2D eigenvalue weighted by Crippen LogP contribution is -2.05. The number of carbonyl (C=O) groups excluding carboxylic acids is 1. The molecule has 0 N–H and O–H groups in total. The third-order valence-corrected chi connectivity index (χ3v) is 4.72. The Morgan fingerprint density at radius 2 is 1.76 bits per heavy atom. The van der Waals surface area contributed by atoms with Crippen molar-refractivity contribution in [1.29, 1.82) is 0 Å². The van der Waals surface area contributed by atoms with Crippen LogP contribution < -0.4 is 4.74 Å². The van der Waals surface area contributed by atoms with E-state index in [9.17, 15) is 4.79 Å². The summed E-state index contributed by atoms with van der Waals surface area (Å²) in [4.78, 5) is 16.5. The highest BCUT2D eigenvalue weighted by molar-refractivity contribution is 6.12. The molecule has 1 heterocycles. The minimum Gasteiger partial charge on any atom is -0.489 e. The lowest BCUT2D eigenvalue weighted by atomic mass is 10.1. The van der Waals surface area contributed by atoms with Crippen molar-refractivity contribution in [2.75, 3.05) is 0 Å². The summed E-state index contributed by atoms with van der Waals surface area (Å²) in [6.07, 6.45) is 1.72. The number of aryl methyl sites for hydroxylation is 2. The summed E-state index contributed by atoms with van der Waals surface area (Å²) in [5, 5.41) is 0.